The molecule has 1 saturated carbocycles. The highest BCUT2D eigenvalue weighted by Gasteiger charge is 2.20. The zero-order valence-corrected chi connectivity index (χ0v) is 13.6. The first kappa shape index (κ1) is 15.7. The van der Waals surface area contributed by atoms with Crippen molar-refractivity contribution in [2.75, 3.05) is 19.8 Å². The Kier molecular flexibility index (Phi) is 6.76. The van der Waals surface area contributed by atoms with Crippen LogP contribution in [0.5, 0.6) is 5.88 Å². The standard InChI is InChI=1S/C15H23BrN2O2/c1-2-3-6-19-7-8-20-15-12(9-13(16)11-18-15)10-17-14-4-5-14/h9,11,14,17H,2-8,10H2,1H3. The molecule has 0 aliphatic heterocycles. The summed E-state index contributed by atoms with van der Waals surface area (Å²) in [6.45, 7) is 4.94. The van der Waals surface area contributed by atoms with E-state index in [4.69, 9.17) is 9.47 Å². The second-order valence-electron chi connectivity index (χ2n) is 5.09. The fourth-order valence-electron chi connectivity index (χ4n) is 1.81. The molecule has 2 rings (SSSR count). The molecule has 5 heteroatoms. The molecule has 0 bridgehead atoms. The molecule has 1 N–H and O–H groups in total. The van der Waals surface area contributed by atoms with Crippen molar-refractivity contribution < 1.29 is 9.47 Å². The third-order valence-electron chi connectivity index (χ3n) is 3.16. The third-order valence-corrected chi connectivity index (χ3v) is 3.59. The molecule has 1 aliphatic rings. The summed E-state index contributed by atoms with van der Waals surface area (Å²) in [6.07, 6.45) is 6.60. The number of nitrogens with zero attached hydrogens (tertiary/aromatic N) is 1. The van der Waals surface area contributed by atoms with Gasteiger partial charge in [0.25, 0.3) is 0 Å². The maximum absolute atomic E-state index is 5.73. The number of hydrogen-bond acceptors (Lipinski definition) is 4. The monoisotopic (exact) mass is 342 g/mol. The van der Waals surface area contributed by atoms with Crippen LogP contribution in [0.4, 0.5) is 0 Å². The number of aromatic nitrogens is 1. The van der Waals surface area contributed by atoms with Crippen LogP contribution >= 0.6 is 15.9 Å². The first-order chi connectivity index (χ1) is 9.79. The molecule has 1 aromatic rings. The van der Waals surface area contributed by atoms with Crippen molar-refractivity contribution in [3.05, 3.63) is 22.3 Å². The van der Waals surface area contributed by atoms with Gasteiger partial charge in [-0.3, -0.25) is 0 Å². The van der Waals surface area contributed by atoms with Gasteiger partial charge in [-0.25, -0.2) is 4.98 Å². The average molecular weight is 343 g/mol. The fraction of sp³-hybridized carbons (Fsp3) is 0.667. The normalized spacial score (nSPS) is 14.5. The van der Waals surface area contributed by atoms with Crippen LogP contribution in [0.15, 0.2) is 16.7 Å². The number of rotatable bonds is 10. The van der Waals surface area contributed by atoms with E-state index < -0.39 is 0 Å². The van der Waals surface area contributed by atoms with E-state index in [0.717, 1.165) is 36.0 Å². The number of ether oxygens (including phenoxy) is 2. The minimum atomic E-state index is 0.550. The molecule has 0 saturated heterocycles. The van der Waals surface area contributed by atoms with Crippen LogP contribution in [0.1, 0.15) is 38.2 Å². The molecule has 4 nitrogen and oxygen atoms in total. The summed E-state index contributed by atoms with van der Waals surface area (Å²) in [4.78, 5) is 4.35. The summed E-state index contributed by atoms with van der Waals surface area (Å²) in [5, 5.41) is 3.49. The molecular formula is C15H23BrN2O2. The summed E-state index contributed by atoms with van der Waals surface area (Å²) in [5.74, 6) is 0.709. The Hall–Kier alpha value is -0.650. The minimum absolute atomic E-state index is 0.550. The van der Waals surface area contributed by atoms with Crippen LogP contribution in [0.25, 0.3) is 0 Å². The van der Waals surface area contributed by atoms with Crippen molar-refractivity contribution in [1.82, 2.24) is 10.3 Å². The van der Waals surface area contributed by atoms with Crippen LogP contribution in [-0.4, -0.2) is 30.8 Å². The molecular weight excluding hydrogens is 320 g/mol. The molecule has 20 heavy (non-hydrogen) atoms. The van der Waals surface area contributed by atoms with E-state index in [1.54, 1.807) is 6.20 Å². The zero-order valence-electron chi connectivity index (χ0n) is 12.0. The van der Waals surface area contributed by atoms with E-state index in [2.05, 4.69) is 39.2 Å². The molecule has 0 amide bonds. The molecule has 0 radical (unpaired) electrons. The second kappa shape index (κ2) is 8.60. The maximum Gasteiger partial charge on any atom is 0.217 e. The number of nitrogens with one attached hydrogen (secondary N) is 1. The predicted octanol–water partition coefficient (Wildman–Crippen LogP) is 3.29. The van der Waals surface area contributed by atoms with Crippen molar-refractivity contribution in [3.8, 4) is 5.88 Å². The third kappa shape index (κ3) is 5.77. The molecule has 0 spiro atoms. The summed E-state index contributed by atoms with van der Waals surface area (Å²) >= 11 is 3.46. The highest BCUT2D eigenvalue weighted by atomic mass is 79.9. The van der Waals surface area contributed by atoms with Crippen molar-refractivity contribution in [2.45, 2.75) is 45.2 Å². The van der Waals surface area contributed by atoms with Crippen LogP contribution in [0.3, 0.4) is 0 Å². The molecule has 1 aliphatic carbocycles. The minimum Gasteiger partial charge on any atom is -0.475 e. The molecule has 0 unspecified atom stereocenters. The van der Waals surface area contributed by atoms with Gasteiger partial charge in [-0.2, -0.15) is 0 Å². The number of pyridine rings is 1. The Labute approximate surface area is 129 Å². The number of halogens is 1. The van der Waals surface area contributed by atoms with Gasteiger partial charge in [0.05, 0.1) is 6.61 Å². The lowest BCUT2D eigenvalue weighted by molar-refractivity contribution is 0.0961. The van der Waals surface area contributed by atoms with Gasteiger partial charge in [0, 0.05) is 35.4 Å². The van der Waals surface area contributed by atoms with E-state index >= 15 is 0 Å². The second-order valence-corrected chi connectivity index (χ2v) is 6.00. The van der Waals surface area contributed by atoms with Gasteiger partial charge in [0.15, 0.2) is 0 Å². The van der Waals surface area contributed by atoms with E-state index in [9.17, 15) is 0 Å². The quantitative estimate of drug-likeness (QED) is 0.662. The van der Waals surface area contributed by atoms with Crippen molar-refractivity contribution >= 4 is 15.9 Å². The molecule has 0 atom stereocenters. The first-order valence-corrected chi connectivity index (χ1v) is 8.17. The highest BCUT2D eigenvalue weighted by molar-refractivity contribution is 9.10. The average Bonchev–Trinajstić information content (AvgIpc) is 3.26. The molecule has 1 aromatic heterocycles. The summed E-state index contributed by atoms with van der Waals surface area (Å²) in [6, 6.07) is 2.74. The van der Waals surface area contributed by atoms with Gasteiger partial charge >= 0.3 is 0 Å². The Balaban J connectivity index is 1.76. The van der Waals surface area contributed by atoms with Crippen molar-refractivity contribution in [2.24, 2.45) is 0 Å². The van der Waals surface area contributed by atoms with Crippen LogP contribution in [0.2, 0.25) is 0 Å². The lowest BCUT2D eigenvalue weighted by atomic mass is 10.2. The van der Waals surface area contributed by atoms with Gasteiger partial charge in [-0.15, -0.1) is 0 Å². The van der Waals surface area contributed by atoms with Crippen molar-refractivity contribution in [1.29, 1.82) is 0 Å². The summed E-state index contributed by atoms with van der Waals surface area (Å²) in [5.41, 5.74) is 1.10. The Bertz CT molecular complexity index is 411. The van der Waals surface area contributed by atoms with E-state index in [1.165, 1.54) is 12.8 Å². The molecule has 112 valence electrons. The zero-order chi connectivity index (χ0) is 14.2. The van der Waals surface area contributed by atoms with Crippen molar-refractivity contribution in [3.63, 3.8) is 0 Å². The summed E-state index contributed by atoms with van der Waals surface area (Å²) in [7, 11) is 0. The maximum atomic E-state index is 5.73. The van der Waals surface area contributed by atoms with E-state index in [0.29, 0.717) is 25.1 Å². The predicted molar refractivity (Wildman–Crippen MR) is 83.0 cm³/mol. The fourth-order valence-corrected chi connectivity index (χ4v) is 2.19. The first-order valence-electron chi connectivity index (χ1n) is 7.38. The molecule has 1 heterocycles. The van der Waals surface area contributed by atoms with E-state index in [-0.39, 0.29) is 0 Å². The van der Waals surface area contributed by atoms with Crippen LogP contribution < -0.4 is 10.1 Å². The Morgan fingerprint density at radius 3 is 2.95 bits per heavy atom. The SMILES string of the molecule is CCCCOCCOc1ncc(Br)cc1CNC1CC1. The molecule has 0 aromatic carbocycles. The van der Waals surface area contributed by atoms with Crippen LogP contribution in [0, 0.1) is 0 Å². The smallest absolute Gasteiger partial charge is 0.217 e. The van der Waals surface area contributed by atoms with Gasteiger partial charge in [-0.05, 0) is 41.3 Å². The Morgan fingerprint density at radius 1 is 1.35 bits per heavy atom. The summed E-state index contributed by atoms with van der Waals surface area (Å²) < 4.78 is 12.2. The number of hydrogen-bond donors (Lipinski definition) is 1. The number of unbranched alkanes of at least 4 members (excludes halogenated alkanes) is 1. The largest absolute Gasteiger partial charge is 0.475 e. The molecule has 1 fully saturated rings. The van der Waals surface area contributed by atoms with Gasteiger partial charge < -0.3 is 14.8 Å². The van der Waals surface area contributed by atoms with Crippen LogP contribution in [-0.2, 0) is 11.3 Å². The lowest BCUT2D eigenvalue weighted by Gasteiger charge is -2.11. The van der Waals surface area contributed by atoms with Gasteiger partial charge in [0.1, 0.15) is 6.61 Å². The van der Waals surface area contributed by atoms with Gasteiger partial charge in [0.2, 0.25) is 5.88 Å². The van der Waals surface area contributed by atoms with Gasteiger partial charge in [-0.1, -0.05) is 13.3 Å². The lowest BCUT2D eigenvalue weighted by Crippen LogP contribution is -2.17. The highest BCUT2D eigenvalue weighted by Crippen LogP contribution is 2.23. The topological polar surface area (TPSA) is 43.4 Å². The Morgan fingerprint density at radius 2 is 2.20 bits per heavy atom. The van der Waals surface area contributed by atoms with E-state index in [1.807, 2.05) is 0 Å².